The van der Waals surface area contributed by atoms with Crippen molar-refractivity contribution in [3.63, 3.8) is 0 Å². The summed E-state index contributed by atoms with van der Waals surface area (Å²) in [5.74, 6) is 6.79. The molecule has 0 atom stereocenters. The topological polar surface area (TPSA) is 38.5 Å². The molecule has 0 bridgehead atoms. The lowest BCUT2D eigenvalue weighted by atomic mass is 10.2. The van der Waals surface area contributed by atoms with E-state index >= 15 is 0 Å². The smallest absolute Gasteiger partial charge is 0.120 e. The summed E-state index contributed by atoms with van der Waals surface area (Å²) < 4.78 is 5.87. The van der Waals surface area contributed by atoms with Crippen LogP contribution < -0.4 is 10.5 Å². The summed E-state index contributed by atoms with van der Waals surface area (Å²) in [5.41, 5.74) is 6.35. The summed E-state index contributed by atoms with van der Waals surface area (Å²) in [6.07, 6.45) is 5.24. The Hall–Kier alpha value is -1.50. The maximum atomic E-state index is 5.87. The zero-order valence-corrected chi connectivity index (χ0v) is 13.0. The molecule has 21 heavy (non-hydrogen) atoms. The van der Waals surface area contributed by atoms with E-state index in [2.05, 4.69) is 23.7 Å². The lowest BCUT2D eigenvalue weighted by molar-refractivity contribution is 0.199. The first kappa shape index (κ1) is 15.9. The lowest BCUT2D eigenvalue weighted by Crippen LogP contribution is -2.31. The van der Waals surface area contributed by atoms with Crippen molar-refractivity contribution in [1.82, 2.24) is 4.90 Å². The van der Waals surface area contributed by atoms with Gasteiger partial charge in [0.2, 0.25) is 0 Å². The maximum Gasteiger partial charge on any atom is 0.120 e. The summed E-state index contributed by atoms with van der Waals surface area (Å²) >= 11 is 0. The average molecular weight is 286 g/mol. The van der Waals surface area contributed by atoms with Crippen molar-refractivity contribution < 1.29 is 4.74 Å². The Morgan fingerprint density at radius 1 is 1.33 bits per heavy atom. The van der Waals surface area contributed by atoms with Crippen LogP contribution in [0, 0.1) is 11.8 Å². The van der Waals surface area contributed by atoms with Gasteiger partial charge < -0.3 is 10.5 Å². The highest BCUT2D eigenvalue weighted by molar-refractivity contribution is 5.39. The summed E-state index contributed by atoms with van der Waals surface area (Å²) in [5, 5.41) is 0. The van der Waals surface area contributed by atoms with Gasteiger partial charge in [0, 0.05) is 18.2 Å². The fraction of sp³-hybridized carbons (Fsp3) is 0.556. The molecule has 0 radical (unpaired) electrons. The maximum absolute atomic E-state index is 5.87. The molecule has 1 fully saturated rings. The molecule has 3 nitrogen and oxygen atoms in total. The number of ether oxygens (including phenoxy) is 1. The van der Waals surface area contributed by atoms with Gasteiger partial charge >= 0.3 is 0 Å². The molecule has 1 aliphatic rings. The molecular weight excluding hydrogens is 260 g/mol. The molecule has 1 aliphatic carbocycles. The molecule has 0 spiro atoms. The third-order valence-electron chi connectivity index (χ3n) is 3.68. The Balaban J connectivity index is 1.79. The number of unbranched alkanes of at least 4 members (excludes halogenated alkanes) is 1. The molecule has 114 valence electrons. The number of nitrogens with two attached hydrogens (primary N) is 1. The van der Waals surface area contributed by atoms with E-state index in [1.165, 1.54) is 32.2 Å². The minimum Gasteiger partial charge on any atom is -0.492 e. The van der Waals surface area contributed by atoms with Crippen LogP contribution in [0.4, 0.5) is 0 Å². The van der Waals surface area contributed by atoms with Gasteiger partial charge in [-0.2, -0.15) is 0 Å². The predicted molar refractivity (Wildman–Crippen MR) is 87.4 cm³/mol. The number of hydrogen-bond donors (Lipinski definition) is 1. The second kappa shape index (κ2) is 8.71. The van der Waals surface area contributed by atoms with E-state index in [-0.39, 0.29) is 0 Å². The Morgan fingerprint density at radius 2 is 2.19 bits per heavy atom. The van der Waals surface area contributed by atoms with Crippen molar-refractivity contribution in [2.45, 2.75) is 38.6 Å². The van der Waals surface area contributed by atoms with Crippen molar-refractivity contribution in [2.75, 3.05) is 26.2 Å². The predicted octanol–water partition coefficient (Wildman–Crippen LogP) is 2.64. The van der Waals surface area contributed by atoms with Crippen LogP contribution in [0.1, 0.15) is 38.2 Å². The van der Waals surface area contributed by atoms with Gasteiger partial charge in [0.05, 0.1) is 6.54 Å². The number of nitrogens with zero attached hydrogens (tertiary/aromatic N) is 1. The molecule has 1 aromatic carbocycles. The third kappa shape index (κ3) is 5.79. The Labute approximate surface area is 128 Å². The van der Waals surface area contributed by atoms with E-state index in [0.29, 0.717) is 6.54 Å². The van der Waals surface area contributed by atoms with Gasteiger partial charge in [-0.3, -0.25) is 4.90 Å². The van der Waals surface area contributed by atoms with Crippen molar-refractivity contribution in [1.29, 1.82) is 0 Å². The molecule has 0 aliphatic heterocycles. The van der Waals surface area contributed by atoms with Gasteiger partial charge in [0.15, 0.2) is 0 Å². The van der Waals surface area contributed by atoms with Crippen LogP contribution in [0.5, 0.6) is 5.75 Å². The quantitative estimate of drug-likeness (QED) is 0.747. The zero-order valence-electron chi connectivity index (χ0n) is 13.0. The van der Waals surface area contributed by atoms with Gasteiger partial charge in [-0.1, -0.05) is 31.3 Å². The van der Waals surface area contributed by atoms with Crippen LogP contribution in [-0.2, 0) is 0 Å². The zero-order chi connectivity index (χ0) is 14.9. The fourth-order valence-corrected chi connectivity index (χ4v) is 2.38. The highest BCUT2D eigenvalue weighted by Gasteiger charge is 2.27. The molecule has 0 heterocycles. The van der Waals surface area contributed by atoms with Crippen molar-refractivity contribution in [3.8, 4) is 17.6 Å². The van der Waals surface area contributed by atoms with Crippen LogP contribution >= 0.6 is 0 Å². The molecule has 2 N–H and O–H groups in total. The van der Waals surface area contributed by atoms with Crippen LogP contribution in [0.25, 0.3) is 0 Å². The highest BCUT2D eigenvalue weighted by Crippen LogP contribution is 2.26. The standard InChI is InChI=1S/C18H26N2O/c1-2-3-12-20(17-9-10-17)13-14-21-18-8-4-6-16(15-18)7-5-11-19/h4,6,8,15,17H,2-3,9-14,19H2,1H3. The number of benzene rings is 1. The van der Waals surface area contributed by atoms with Crippen LogP contribution in [0.15, 0.2) is 24.3 Å². The van der Waals surface area contributed by atoms with E-state index in [1.54, 1.807) is 0 Å². The minimum absolute atomic E-state index is 0.388. The molecule has 2 rings (SSSR count). The first-order chi connectivity index (χ1) is 10.3. The Morgan fingerprint density at radius 3 is 2.90 bits per heavy atom. The lowest BCUT2D eigenvalue weighted by Gasteiger charge is -2.21. The summed E-state index contributed by atoms with van der Waals surface area (Å²) in [4.78, 5) is 2.57. The van der Waals surface area contributed by atoms with Gasteiger partial charge in [-0.25, -0.2) is 0 Å². The number of hydrogen-bond acceptors (Lipinski definition) is 3. The Kier molecular flexibility index (Phi) is 6.59. The first-order valence-electron chi connectivity index (χ1n) is 7.99. The van der Waals surface area contributed by atoms with Crippen molar-refractivity contribution in [2.24, 2.45) is 5.73 Å². The summed E-state index contributed by atoms with van der Waals surface area (Å²) in [6.45, 7) is 5.60. The summed E-state index contributed by atoms with van der Waals surface area (Å²) in [7, 11) is 0. The molecule has 3 heteroatoms. The normalized spacial score (nSPS) is 13.9. The minimum atomic E-state index is 0.388. The first-order valence-corrected chi connectivity index (χ1v) is 7.99. The van der Waals surface area contributed by atoms with E-state index in [1.807, 2.05) is 24.3 Å². The van der Waals surface area contributed by atoms with E-state index in [9.17, 15) is 0 Å². The molecule has 0 aromatic heterocycles. The Bertz CT molecular complexity index is 485. The monoisotopic (exact) mass is 286 g/mol. The van der Waals surface area contributed by atoms with Gasteiger partial charge in [0.25, 0.3) is 0 Å². The van der Waals surface area contributed by atoms with Gasteiger partial charge in [0.1, 0.15) is 12.4 Å². The van der Waals surface area contributed by atoms with Gasteiger partial charge in [-0.05, 0) is 44.0 Å². The van der Waals surface area contributed by atoms with E-state index < -0.39 is 0 Å². The van der Waals surface area contributed by atoms with Crippen LogP contribution in [0.2, 0.25) is 0 Å². The molecule has 1 aromatic rings. The van der Waals surface area contributed by atoms with E-state index in [0.717, 1.165) is 30.5 Å². The van der Waals surface area contributed by atoms with Crippen molar-refractivity contribution >= 4 is 0 Å². The molecule has 1 saturated carbocycles. The second-order valence-electron chi connectivity index (χ2n) is 5.50. The SMILES string of the molecule is CCCCN(CCOc1cccc(C#CCN)c1)C1CC1. The van der Waals surface area contributed by atoms with Crippen molar-refractivity contribution in [3.05, 3.63) is 29.8 Å². The highest BCUT2D eigenvalue weighted by atomic mass is 16.5. The number of rotatable bonds is 8. The molecular formula is C18H26N2O. The van der Waals surface area contributed by atoms with Gasteiger partial charge in [-0.15, -0.1) is 0 Å². The van der Waals surface area contributed by atoms with Crippen LogP contribution in [-0.4, -0.2) is 37.2 Å². The third-order valence-corrected chi connectivity index (χ3v) is 3.68. The molecule has 0 amide bonds. The molecule has 0 unspecified atom stereocenters. The van der Waals surface area contributed by atoms with Crippen LogP contribution in [0.3, 0.4) is 0 Å². The molecule has 0 saturated heterocycles. The fourth-order valence-electron chi connectivity index (χ4n) is 2.38. The second-order valence-corrected chi connectivity index (χ2v) is 5.50. The van der Waals surface area contributed by atoms with E-state index in [4.69, 9.17) is 10.5 Å². The largest absolute Gasteiger partial charge is 0.492 e. The summed E-state index contributed by atoms with van der Waals surface area (Å²) in [6, 6.07) is 8.73. The average Bonchev–Trinajstić information content (AvgIpc) is 3.34.